The van der Waals surface area contributed by atoms with E-state index in [0.717, 1.165) is 0 Å². The molecule has 1 aromatic carbocycles. The Labute approximate surface area is 91.8 Å². The fourth-order valence-corrected chi connectivity index (χ4v) is 2.84. The normalized spacial score (nSPS) is 9.00. The zero-order valence-electron chi connectivity index (χ0n) is 7.08. The van der Waals surface area contributed by atoms with E-state index in [4.69, 9.17) is 25.0 Å². The summed E-state index contributed by atoms with van der Waals surface area (Å²) in [7, 11) is 10.8. The van der Waals surface area contributed by atoms with E-state index in [2.05, 4.69) is 0 Å². The Morgan fingerprint density at radius 2 is 1.43 bits per heavy atom. The average molecular weight is 308 g/mol. The first kappa shape index (κ1) is 19.4. The first-order valence-electron chi connectivity index (χ1n) is 2.79. The summed E-state index contributed by atoms with van der Waals surface area (Å²) < 4.78 is 11.4. The van der Waals surface area contributed by atoms with Crippen molar-refractivity contribution in [1.29, 1.82) is 0 Å². The second-order valence-corrected chi connectivity index (χ2v) is 10.8. The third kappa shape index (κ3) is 5.54. The Morgan fingerprint density at radius 3 is 1.71 bits per heavy atom. The van der Waals surface area contributed by atoms with Gasteiger partial charge in [0.1, 0.15) is 0 Å². The fourth-order valence-electron chi connectivity index (χ4n) is 0.626. The first-order chi connectivity index (χ1) is 5.00. The second kappa shape index (κ2) is 7.17. The molecule has 84 valence electrons. The number of aromatic hydroxyl groups is 1. The summed E-state index contributed by atoms with van der Waals surface area (Å²) in [6.07, 6.45) is 0. The third-order valence-corrected chi connectivity index (χ3v) is 5.07. The molecule has 8 heteroatoms. The van der Waals surface area contributed by atoms with Gasteiger partial charge < -0.3 is 17.1 Å². The van der Waals surface area contributed by atoms with Crippen molar-refractivity contribution in [2.75, 3.05) is 0 Å². The van der Waals surface area contributed by atoms with Crippen molar-refractivity contribution in [1.82, 2.24) is 6.15 Å². The molecule has 0 aromatic heterocycles. The average Bonchev–Trinajstić information content (AvgIpc) is 1.86. The van der Waals surface area contributed by atoms with Crippen LogP contribution in [0.25, 0.3) is 0 Å². The number of hydrogen-bond donors (Lipinski definition) is 2. The molecule has 0 unspecified atom stereocenters. The van der Waals surface area contributed by atoms with Crippen molar-refractivity contribution >= 4 is 35.9 Å². The molecule has 0 aliphatic heterocycles. The monoisotopic (exact) mass is 307 g/mol. The van der Waals surface area contributed by atoms with Crippen LogP contribution in [0.5, 0.6) is 5.75 Å². The van der Waals surface area contributed by atoms with Gasteiger partial charge in [-0.05, 0) is 0 Å². The maximum absolute atomic E-state index is 11.0. The summed E-state index contributed by atoms with van der Waals surface area (Å²) in [4.78, 5) is 0. The van der Waals surface area contributed by atoms with Gasteiger partial charge >= 0.3 is 74.7 Å². The summed E-state index contributed by atoms with van der Waals surface area (Å²) in [6, 6.07) is 5.70. The van der Waals surface area contributed by atoms with E-state index in [1.165, 1.54) is 24.3 Å². The van der Waals surface area contributed by atoms with Crippen LogP contribution in [-0.2, 0) is 3.74 Å². The number of hydrogen-bond acceptors (Lipinski definition) is 3. The van der Waals surface area contributed by atoms with Crippen LogP contribution in [0, 0.1) is 0 Å². The molecular formula is C6H12AsCl2NO4. The van der Waals surface area contributed by atoms with Crippen molar-refractivity contribution in [3.05, 3.63) is 24.3 Å². The minimum absolute atomic E-state index is 0. The number of rotatable bonds is 1. The van der Waals surface area contributed by atoms with Gasteiger partial charge in [-0.15, -0.1) is 0 Å². The molecule has 0 saturated carbocycles. The van der Waals surface area contributed by atoms with Crippen LogP contribution in [-0.4, -0.2) is 27.7 Å². The Hall–Kier alpha value is -0.162. The Bertz CT molecular complexity index is 299. The molecule has 0 fully saturated rings. The standard InChI is InChI=1S/C6H5AsCl2O2.H3N.2H2O/c8-7(9,11)5-1-3-6(10)4-2-5;;;/h1-4,10H;1H3;2*1H2. The molecule has 0 aliphatic carbocycles. The number of benzene rings is 1. The molecule has 1 aromatic rings. The van der Waals surface area contributed by atoms with Gasteiger partial charge in [0.05, 0.1) is 0 Å². The van der Waals surface area contributed by atoms with Crippen molar-refractivity contribution in [2.45, 2.75) is 0 Å². The SMILES string of the molecule is N.O.O.O=[As](Cl)(Cl)c1ccc(O)cc1. The molecule has 0 spiro atoms. The topological polar surface area (TPSA) is 135 Å². The molecule has 14 heavy (non-hydrogen) atoms. The number of halogens is 2. The fraction of sp³-hybridized carbons (Fsp3) is 0. The van der Waals surface area contributed by atoms with Gasteiger partial charge in [0.2, 0.25) is 0 Å². The van der Waals surface area contributed by atoms with Gasteiger partial charge in [-0.1, -0.05) is 0 Å². The molecule has 0 atom stereocenters. The van der Waals surface area contributed by atoms with Crippen LogP contribution in [0.3, 0.4) is 0 Å². The van der Waals surface area contributed by atoms with Crippen LogP contribution in [0.1, 0.15) is 0 Å². The van der Waals surface area contributed by atoms with Gasteiger partial charge in [-0.2, -0.15) is 0 Å². The van der Waals surface area contributed by atoms with Gasteiger partial charge in [-0.3, -0.25) is 0 Å². The van der Waals surface area contributed by atoms with Crippen LogP contribution in [0.2, 0.25) is 0 Å². The molecule has 0 heterocycles. The van der Waals surface area contributed by atoms with E-state index in [0.29, 0.717) is 4.35 Å². The van der Waals surface area contributed by atoms with E-state index >= 15 is 0 Å². The predicted molar refractivity (Wildman–Crippen MR) is 58.1 cm³/mol. The van der Waals surface area contributed by atoms with Crippen LogP contribution in [0.4, 0.5) is 0 Å². The zero-order valence-corrected chi connectivity index (χ0v) is 10.5. The summed E-state index contributed by atoms with van der Waals surface area (Å²) >= 11 is -3.79. The van der Waals surface area contributed by atoms with Crippen molar-refractivity contribution in [3.8, 4) is 5.75 Å². The minimum atomic E-state index is -3.79. The van der Waals surface area contributed by atoms with Gasteiger partial charge in [-0.25, -0.2) is 0 Å². The summed E-state index contributed by atoms with van der Waals surface area (Å²) in [5.74, 6) is 0.103. The summed E-state index contributed by atoms with van der Waals surface area (Å²) in [6.45, 7) is 0. The number of phenolic OH excluding ortho intramolecular Hbond substituents is 1. The summed E-state index contributed by atoms with van der Waals surface area (Å²) in [5, 5.41) is 8.85. The molecular weight excluding hydrogens is 296 g/mol. The molecule has 0 amide bonds. The van der Waals surface area contributed by atoms with Crippen LogP contribution in [0.15, 0.2) is 24.3 Å². The molecule has 0 aliphatic rings. The predicted octanol–water partition coefficient (Wildman–Crippen LogP) is -0.0412. The van der Waals surface area contributed by atoms with Crippen molar-refractivity contribution in [3.63, 3.8) is 0 Å². The zero-order chi connectivity index (χ0) is 8.48. The van der Waals surface area contributed by atoms with E-state index in [1.54, 1.807) is 0 Å². The van der Waals surface area contributed by atoms with Gasteiger partial charge in [0.15, 0.2) is 0 Å². The van der Waals surface area contributed by atoms with Crippen molar-refractivity contribution in [2.24, 2.45) is 0 Å². The maximum atomic E-state index is 11.0. The van der Waals surface area contributed by atoms with Crippen molar-refractivity contribution < 1.29 is 19.8 Å². The molecule has 1 rings (SSSR count). The van der Waals surface area contributed by atoms with Gasteiger partial charge in [0, 0.05) is 0 Å². The quantitative estimate of drug-likeness (QED) is 0.704. The molecule has 0 bridgehead atoms. The van der Waals surface area contributed by atoms with E-state index < -0.39 is 11.6 Å². The summed E-state index contributed by atoms with van der Waals surface area (Å²) in [5.41, 5.74) is 0. The van der Waals surface area contributed by atoms with E-state index in [-0.39, 0.29) is 22.9 Å². The Morgan fingerprint density at radius 1 is 1.07 bits per heavy atom. The molecule has 0 saturated heterocycles. The van der Waals surface area contributed by atoms with Crippen LogP contribution >= 0.6 is 19.9 Å². The molecule has 8 N–H and O–H groups in total. The Kier molecular flexibility index (Phi) is 9.95. The molecule has 5 nitrogen and oxygen atoms in total. The number of phenols is 1. The van der Waals surface area contributed by atoms with E-state index in [9.17, 15) is 3.74 Å². The van der Waals surface area contributed by atoms with Crippen LogP contribution < -0.4 is 10.5 Å². The van der Waals surface area contributed by atoms with Gasteiger partial charge in [0.25, 0.3) is 0 Å². The third-order valence-electron chi connectivity index (χ3n) is 1.15. The second-order valence-electron chi connectivity index (χ2n) is 1.98. The molecule has 0 radical (unpaired) electrons. The van der Waals surface area contributed by atoms with E-state index in [1.807, 2.05) is 0 Å². The Balaban J connectivity index is -0.000000403. The first-order valence-corrected chi connectivity index (χ1v) is 9.43.